The maximum Gasteiger partial charge on any atom is 0.341 e. The van der Waals surface area contributed by atoms with Gasteiger partial charge in [-0.3, -0.25) is 4.98 Å². The van der Waals surface area contributed by atoms with Gasteiger partial charge in [0.05, 0.1) is 5.69 Å². The third-order valence-electron chi connectivity index (χ3n) is 5.38. The molecule has 0 saturated heterocycles. The van der Waals surface area contributed by atoms with Crippen LogP contribution in [0.25, 0.3) is 22.5 Å². The molecule has 2 aromatic heterocycles. The normalized spacial score (nSPS) is 10.5. The highest BCUT2D eigenvalue weighted by atomic mass is 35.5. The summed E-state index contributed by atoms with van der Waals surface area (Å²) in [7, 11) is 0. The van der Waals surface area contributed by atoms with Crippen molar-refractivity contribution in [2.24, 2.45) is 0 Å². The molecule has 2 N–H and O–H groups in total. The zero-order chi connectivity index (χ0) is 22.7. The van der Waals surface area contributed by atoms with E-state index in [-0.39, 0.29) is 24.6 Å². The molecule has 8 nitrogen and oxygen atoms in total. The Labute approximate surface area is 197 Å². The van der Waals surface area contributed by atoms with Gasteiger partial charge >= 0.3 is 5.97 Å². The number of aromatic amines is 1. The summed E-state index contributed by atoms with van der Waals surface area (Å²) in [5, 5.41) is 24.0. The molecule has 0 aliphatic heterocycles. The number of hydrogen-bond donors (Lipinski definition) is 2. The van der Waals surface area contributed by atoms with Gasteiger partial charge in [-0.2, -0.15) is 5.21 Å². The van der Waals surface area contributed by atoms with E-state index in [0.29, 0.717) is 23.7 Å². The summed E-state index contributed by atoms with van der Waals surface area (Å²) in [6.45, 7) is 5.79. The lowest BCUT2D eigenvalue weighted by Gasteiger charge is -2.16. The second-order valence-electron chi connectivity index (χ2n) is 7.40. The van der Waals surface area contributed by atoms with Gasteiger partial charge in [0, 0.05) is 16.8 Å². The monoisotopic (exact) mass is 465 g/mol. The van der Waals surface area contributed by atoms with Crippen LogP contribution in [0.2, 0.25) is 0 Å². The highest BCUT2D eigenvalue weighted by Gasteiger charge is 2.21. The minimum Gasteiger partial charge on any atom is -0.488 e. The van der Waals surface area contributed by atoms with Crippen LogP contribution in [0.1, 0.15) is 39.8 Å². The maximum absolute atomic E-state index is 11.8. The Balaban J connectivity index is 0.00000306. The first-order valence-corrected chi connectivity index (χ1v) is 10.3. The molecule has 0 radical (unpaired) electrons. The number of nitrogens with one attached hydrogen (secondary N) is 1. The molecular formula is C24H24ClN5O3. The number of aryl methyl sites for hydroxylation is 2. The zero-order valence-electron chi connectivity index (χ0n) is 18.5. The third kappa shape index (κ3) is 4.85. The summed E-state index contributed by atoms with van der Waals surface area (Å²) in [5.41, 5.74) is 5.98. The smallest absolute Gasteiger partial charge is 0.341 e. The van der Waals surface area contributed by atoms with Crippen LogP contribution in [0.15, 0.2) is 48.5 Å². The second-order valence-corrected chi connectivity index (χ2v) is 7.40. The van der Waals surface area contributed by atoms with E-state index in [1.807, 2.05) is 62.4 Å². The molecule has 170 valence electrons. The number of aromatic nitrogens is 5. The van der Waals surface area contributed by atoms with Crippen molar-refractivity contribution in [3.63, 3.8) is 0 Å². The molecule has 0 fully saturated rings. The number of hydrogen-bond acceptors (Lipinski definition) is 6. The Morgan fingerprint density at radius 2 is 1.76 bits per heavy atom. The molecule has 2 heterocycles. The van der Waals surface area contributed by atoms with Gasteiger partial charge in [0.15, 0.2) is 0 Å². The topological polar surface area (TPSA) is 114 Å². The Kier molecular flexibility index (Phi) is 7.40. The number of H-pyrrole nitrogens is 1. The summed E-state index contributed by atoms with van der Waals surface area (Å²) < 4.78 is 6.01. The van der Waals surface area contributed by atoms with Crippen LogP contribution < -0.4 is 4.74 Å². The standard InChI is InChI=1S/C24H23N5O3.ClH/c1-4-20-14(2)22(21(24(30)31)15(3)25-20)32-13-16-9-11-17(12-10-16)18-7-5-6-8-19(18)23-26-28-29-27-23;/h5-12H,4,13H2,1-3H3,(H,30,31)(H,26,27,28,29);1H. The fraction of sp³-hybridized carbons (Fsp3) is 0.208. The Bertz CT molecular complexity index is 1260. The van der Waals surface area contributed by atoms with Crippen molar-refractivity contribution in [3.05, 3.63) is 76.6 Å². The first kappa shape index (κ1) is 23.9. The van der Waals surface area contributed by atoms with E-state index < -0.39 is 5.97 Å². The fourth-order valence-corrected chi connectivity index (χ4v) is 3.74. The minimum absolute atomic E-state index is 0. The lowest BCUT2D eigenvalue weighted by molar-refractivity contribution is 0.0690. The molecule has 4 rings (SSSR count). The maximum atomic E-state index is 11.8. The molecule has 0 bridgehead atoms. The molecule has 0 amide bonds. The summed E-state index contributed by atoms with van der Waals surface area (Å²) in [6.07, 6.45) is 0.706. The summed E-state index contributed by atoms with van der Waals surface area (Å²) >= 11 is 0. The van der Waals surface area contributed by atoms with Crippen molar-refractivity contribution < 1.29 is 14.6 Å². The van der Waals surface area contributed by atoms with Crippen molar-refractivity contribution in [2.75, 3.05) is 0 Å². The van der Waals surface area contributed by atoms with Crippen LogP contribution in [0.4, 0.5) is 0 Å². The molecule has 0 saturated carbocycles. The zero-order valence-corrected chi connectivity index (χ0v) is 19.3. The van der Waals surface area contributed by atoms with Gasteiger partial charge in [0.25, 0.3) is 0 Å². The van der Waals surface area contributed by atoms with Crippen LogP contribution in [-0.2, 0) is 13.0 Å². The first-order valence-electron chi connectivity index (χ1n) is 10.3. The van der Waals surface area contributed by atoms with E-state index >= 15 is 0 Å². The molecule has 9 heteroatoms. The van der Waals surface area contributed by atoms with Gasteiger partial charge in [-0.25, -0.2) is 4.79 Å². The van der Waals surface area contributed by atoms with Crippen LogP contribution >= 0.6 is 12.4 Å². The van der Waals surface area contributed by atoms with E-state index in [0.717, 1.165) is 33.5 Å². The van der Waals surface area contributed by atoms with E-state index in [2.05, 4.69) is 25.6 Å². The number of carboxylic acid groups (broad SMARTS) is 1. The lowest BCUT2D eigenvalue weighted by Crippen LogP contribution is -2.11. The van der Waals surface area contributed by atoms with Crippen molar-refractivity contribution in [3.8, 4) is 28.3 Å². The van der Waals surface area contributed by atoms with Crippen molar-refractivity contribution >= 4 is 18.4 Å². The molecule has 0 unspecified atom stereocenters. The summed E-state index contributed by atoms with van der Waals surface area (Å²) in [6, 6.07) is 15.8. The largest absolute Gasteiger partial charge is 0.488 e. The van der Waals surface area contributed by atoms with Gasteiger partial charge in [-0.15, -0.1) is 22.6 Å². The van der Waals surface area contributed by atoms with Crippen LogP contribution in [-0.4, -0.2) is 36.7 Å². The van der Waals surface area contributed by atoms with Crippen LogP contribution in [0.3, 0.4) is 0 Å². The Morgan fingerprint density at radius 1 is 1.06 bits per heavy atom. The molecule has 0 aliphatic rings. The fourth-order valence-electron chi connectivity index (χ4n) is 3.74. The molecule has 0 atom stereocenters. The van der Waals surface area contributed by atoms with Crippen molar-refractivity contribution in [1.29, 1.82) is 0 Å². The number of benzene rings is 2. The van der Waals surface area contributed by atoms with E-state index in [4.69, 9.17) is 4.74 Å². The number of aromatic carboxylic acids is 1. The summed E-state index contributed by atoms with van der Waals surface area (Å²) in [5.74, 6) is -0.123. The van der Waals surface area contributed by atoms with E-state index in [1.54, 1.807) is 6.92 Å². The minimum atomic E-state index is -1.04. The molecule has 2 aromatic carbocycles. The van der Waals surface area contributed by atoms with Crippen LogP contribution in [0.5, 0.6) is 5.75 Å². The van der Waals surface area contributed by atoms with E-state index in [1.165, 1.54) is 0 Å². The summed E-state index contributed by atoms with van der Waals surface area (Å²) in [4.78, 5) is 16.2. The predicted molar refractivity (Wildman–Crippen MR) is 127 cm³/mol. The second kappa shape index (κ2) is 10.2. The number of halogens is 1. The Hall–Kier alpha value is -3.78. The number of pyridine rings is 1. The number of carboxylic acids is 1. The highest BCUT2D eigenvalue weighted by molar-refractivity contribution is 5.92. The third-order valence-corrected chi connectivity index (χ3v) is 5.38. The Morgan fingerprint density at radius 3 is 2.36 bits per heavy atom. The molecule has 0 spiro atoms. The SMILES string of the molecule is CCc1nc(C)c(C(=O)O)c(OCc2ccc(-c3ccccc3-c3nn[nH]n3)cc2)c1C.Cl. The average Bonchev–Trinajstić information content (AvgIpc) is 3.34. The molecule has 0 aliphatic carbocycles. The number of tetrazole rings is 1. The number of rotatable bonds is 7. The van der Waals surface area contributed by atoms with Crippen LogP contribution in [0, 0.1) is 13.8 Å². The average molecular weight is 466 g/mol. The van der Waals surface area contributed by atoms with Gasteiger partial charge in [-0.05, 0) is 42.2 Å². The number of carbonyl (C=O) groups is 1. The number of ether oxygens (including phenoxy) is 1. The quantitative estimate of drug-likeness (QED) is 0.402. The van der Waals surface area contributed by atoms with Gasteiger partial charge in [-0.1, -0.05) is 55.5 Å². The van der Waals surface area contributed by atoms with Gasteiger partial charge in [0.2, 0.25) is 5.82 Å². The van der Waals surface area contributed by atoms with Gasteiger partial charge < -0.3 is 9.84 Å². The van der Waals surface area contributed by atoms with E-state index in [9.17, 15) is 9.90 Å². The number of nitrogens with zero attached hydrogens (tertiary/aromatic N) is 4. The van der Waals surface area contributed by atoms with Gasteiger partial charge in [0.1, 0.15) is 17.9 Å². The highest BCUT2D eigenvalue weighted by Crippen LogP contribution is 2.31. The lowest BCUT2D eigenvalue weighted by atomic mass is 9.98. The van der Waals surface area contributed by atoms with Crippen molar-refractivity contribution in [2.45, 2.75) is 33.8 Å². The molecular weight excluding hydrogens is 442 g/mol. The molecule has 33 heavy (non-hydrogen) atoms. The molecule has 4 aromatic rings. The first-order chi connectivity index (χ1) is 15.5. The predicted octanol–water partition coefficient (Wildman–Crippen LogP) is 4.81. The van der Waals surface area contributed by atoms with Crippen molar-refractivity contribution in [1.82, 2.24) is 25.6 Å².